The van der Waals surface area contributed by atoms with Gasteiger partial charge in [0.15, 0.2) is 0 Å². The number of benzene rings is 1. The van der Waals surface area contributed by atoms with Crippen LogP contribution in [0.15, 0.2) is 24.3 Å². The van der Waals surface area contributed by atoms with Gasteiger partial charge in [-0.25, -0.2) is 17.5 Å². The van der Waals surface area contributed by atoms with Gasteiger partial charge >= 0.3 is 0 Å². The monoisotopic (exact) mass is 368 g/mol. The molecule has 0 amide bonds. The van der Waals surface area contributed by atoms with E-state index in [1.54, 1.807) is 19.2 Å². The molecule has 7 nitrogen and oxygen atoms in total. The van der Waals surface area contributed by atoms with E-state index in [0.717, 1.165) is 18.5 Å². The van der Waals surface area contributed by atoms with Crippen molar-refractivity contribution < 1.29 is 17.5 Å². The Balaban J connectivity index is 1.68. The van der Waals surface area contributed by atoms with Crippen LogP contribution in [0.1, 0.15) is 17.0 Å². The number of rotatable bonds is 6. The lowest BCUT2D eigenvalue weighted by Crippen LogP contribution is -2.33. The molecule has 0 radical (unpaired) electrons. The van der Waals surface area contributed by atoms with Gasteiger partial charge in [-0.3, -0.25) is 9.58 Å². The van der Waals surface area contributed by atoms with Gasteiger partial charge in [-0.05, 0) is 24.3 Å². The lowest BCUT2D eigenvalue weighted by molar-refractivity contribution is 0.202. The van der Waals surface area contributed by atoms with Gasteiger partial charge in [0.1, 0.15) is 11.6 Å². The van der Waals surface area contributed by atoms with E-state index in [0.29, 0.717) is 36.6 Å². The molecule has 0 saturated carbocycles. The molecule has 9 heteroatoms. The number of fused-ring (bicyclic) bond motifs is 1. The summed E-state index contributed by atoms with van der Waals surface area (Å²) in [5, 5.41) is 4.41. The fourth-order valence-electron chi connectivity index (χ4n) is 2.85. The summed E-state index contributed by atoms with van der Waals surface area (Å²) in [6, 6.07) is 6.61. The van der Waals surface area contributed by atoms with Crippen molar-refractivity contribution in [2.75, 3.05) is 19.9 Å². The fourth-order valence-corrected chi connectivity index (χ4v) is 3.26. The molecular weight excluding hydrogens is 347 g/mol. The summed E-state index contributed by atoms with van der Waals surface area (Å²) in [6.07, 6.45) is 1.12. The number of nitrogens with zero attached hydrogens (tertiary/aromatic N) is 3. The van der Waals surface area contributed by atoms with Crippen LogP contribution in [0, 0.1) is 5.82 Å². The van der Waals surface area contributed by atoms with Gasteiger partial charge in [0.25, 0.3) is 0 Å². The summed E-state index contributed by atoms with van der Waals surface area (Å²) in [5.74, 6) is 0.380. The molecule has 1 aliphatic rings. The average Bonchev–Trinajstić information content (AvgIpc) is 2.96. The van der Waals surface area contributed by atoms with Crippen LogP contribution in [0.5, 0.6) is 5.75 Å². The zero-order chi connectivity index (χ0) is 18.0. The Morgan fingerprint density at radius 2 is 2.12 bits per heavy atom. The fraction of sp³-hybridized carbons (Fsp3) is 0.438. The van der Waals surface area contributed by atoms with E-state index in [-0.39, 0.29) is 12.4 Å². The van der Waals surface area contributed by atoms with Gasteiger partial charge in [0.05, 0.1) is 37.8 Å². The van der Waals surface area contributed by atoms with Crippen LogP contribution in [0.25, 0.3) is 0 Å². The number of halogens is 1. The largest absolute Gasteiger partial charge is 0.497 e. The molecule has 2 heterocycles. The highest BCUT2D eigenvalue weighted by atomic mass is 32.2. The van der Waals surface area contributed by atoms with Crippen molar-refractivity contribution in [3.63, 3.8) is 0 Å². The maximum Gasteiger partial charge on any atom is 0.209 e. The van der Waals surface area contributed by atoms with E-state index >= 15 is 0 Å². The SMILES string of the molecule is COc1ccc(F)c(CN2CCn3nc(CNS(C)(=O)=O)cc3C2)c1. The highest BCUT2D eigenvalue weighted by Gasteiger charge is 2.20. The molecule has 0 unspecified atom stereocenters. The van der Waals surface area contributed by atoms with Gasteiger partial charge in [0.2, 0.25) is 10.0 Å². The third-order valence-corrected chi connectivity index (χ3v) is 4.76. The Hall–Kier alpha value is -1.97. The second kappa shape index (κ2) is 7.11. The Morgan fingerprint density at radius 3 is 2.84 bits per heavy atom. The first-order valence-electron chi connectivity index (χ1n) is 7.89. The molecule has 1 N–H and O–H groups in total. The highest BCUT2D eigenvalue weighted by molar-refractivity contribution is 7.88. The minimum Gasteiger partial charge on any atom is -0.497 e. The van der Waals surface area contributed by atoms with Crippen molar-refractivity contribution in [1.82, 2.24) is 19.4 Å². The summed E-state index contributed by atoms with van der Waals surface area (Å²) >= 11 is 0. The molecular formula is C16H21FN4O3S. The lowest BCUT2D eigenvalue weighted by atomic mass is 10.1. The topological polar surface area (TPSA) is 76.5 Å². The van der Waals surface area contributed by atoms with Crippen LogP contribution in [-0.2, 0) is 36.2 Å². The van der Waals surface area contributed by atoms with Crippen LogP contribution >= 0.6 is 0 Å². The predicted octanol–water partition coefficient (Wildman–Crippen LogP) is 1.10. The number of methoxy groups -OCH3 is 1. The van der Waals surface area contributed by atoms with E-state index in [1.807, 2.05) is 10.7 Å². The molecule has 0 spiro atoms. The molecule has 0 saturated heterocycles. The third kappa shape index (κ3) is 4.56. The highest BCUT2D eigenvalue weighted by Crippen LogP contribution is 2.21. The number of hydrogen-bond donors (Lipinski definition) is 1. The van der Waals surface area contributed by atoms with Crippen molar-refractivity contribution >= 4 is 10.0 Å². The summed E-state index contributed by atoms with van der Waals surface area (Å²) in [5.41, 5.74) is 2.25. The molecule has 3 rings (SSSR count). The van der Waals surface area contributed by atoms with E-state index < -0.39 is 10.0 Å². The van der Waals surface area contributed by atoms with Crippen LogP contribution in [0.4, 0.5) is 4.39 Å². The molecule has 136 valence electrons. The second-order valence-electron chi connectivity index (χ2n) is 6.11. The second-order valence-corrected chi connectivity index (χ2v) is 7.94. The molecule has 1 aromatic heterocycles. The number of aromatic nitrogens is 2. The van der Waals surface area contributed by atoms with Crippen molar-refractivity contribution in [2.24, 2.45) is 0 Å². The van der Waals surface area contributed by atoms with Gasteiger partial charge in [-0.15, -0.1) is 0 Å². The Bertz CT molecular complexity index is 866. The van der Waals surface area contributed by atoms with Gasteiger partial charge < -0.3 is 4.74 Å². The minimum atomic E-state index is -3.25. The number of nitrogens with one attached hydrogen (secondary N) is 1. The number of hydrogen-bond acceptors (Lipinski definition) is 5. The summed E-state index contributed by atoms with van der Waals surface area (Å²) < 4.78 is 45.9. The zero-order valence-corrected chi connectivity index (χ0v) is 15.0. The molecule has 1 aromatic carbocycles. The van der Waals surface area contributed by atoms with Crippen LogP contribution in [-0.4, -0.2) is 43.0 Å². The van der Waals surface area contributed by atoms with Crippen molar-refractivity contribution in [1.29, 1.82) is 0 Å². The average molecular weight is 368 g/mol. The maximum absolute atomic E-state index is 14.0. The minimum absolute atomic E-state index is 0.170. The number of ether oxygens (including phenoxy) is 1. The number of sulfonamides is 1. The molecule has 0 bridgehead atoms. The Labute approximate surface area is 146 Å². The van der Waals surface area contributed by atoms with Gasteiger partial charge in [-0.2, -0.15) is 5.10 Å². The molecule has 0 atom stereocenters. The predicted molar refractivity (Wildman–Crippen MR) is 91.0 cm³/mol. The first-order valence-corrected chi connectivity index (χ1v) is 9.78. The third-order valence-electron chi connectivity index (χ3n) is 4.09. The van der Waals surface area contributed by atoms with E-state index in [9.17, 15) is 12.8 Å². The van der Waals surface area contributed by atoms with Crippen LogP contribution < -0.4 is 9.46 Å². The lowest BCUT2D eigenvalue weighted by Gasteiger charge is -2.27. The van der Waals surface area contributed by atoms with E-state index in [1.165, 1.54) is 6.07 Å². The Kier molecular flexibility index (Phi) is 5.07. The standard InChI is InChI=1S/C16H21FN4O3S/c1-24-15-3-4-16(17)12(7-15)10-20-5-6-21-14(11-20)8-13(19-21)9-18-25(2,22)23/h3-4,7-8,18H,5-6,9-11H2,1-2H3. The quantitative estimate of drug-likeness (QED) is 0.826. The van der Waals surface area contributed by atoms with E-state index in [2.05, 4.69) is 14.7 Å². The van der Waals surface area contributed by atoms with Gasteiger partial charge in [-0.1, -0.05) is 0 Å². The molecule has 25 heavy (non-hydrogen) atoms. The molecule has 2 aromatic rings. The van der Waals surface area contributed by atoms with Crippen LogP contribution in [0.3, 0.4) is 0 Å². The smallest absolute Gasteiger partial charge is 0.209 e. The molecule has 0 fully saturated rings. The first-order chi connectivity index (χ1) is 11.8. The van der Waals surface area contributed by atoms with Crippen LogP contribution in [0.2, 0.25) is 0 Å². The molecule has 1 aliphatic heterocycles. The summed E-state index contributed by atoms with van der Waals surface area (Å²) in [6.45, 7) is 2.70. The van der Waals surface area contributed by atoms with Crippen molar-refractivity contribution in [3.8, 4) is 5.75 Å². The van der Waals surface area contributed by atoms with Crippen molar-refractivity contribution in [3.05, 3.63) is 47.0 Å². The summed E-state index contributed by atoms with van der Waals surface area (Å²) in [4.78, 5) is 2.13. The zero-order valence-electron chi connectivity index (χ0n) is 14.2. The first kappa shape index (κ1) is 17.8. The normalized spacial score (nSPS) is 15.2. The van der Waals surface area contributed by atoms with Crippen molar-refractivity contribution in [2.45, 2.75) is 26.2 Å². The van der Waals surface area contributed by atoms with Gasteiger partial charge in [0, 0.05) is 25.2 Å². The summed E-state index contributed by atoms with van der Waals surface area (Å²) in [7, 11) is -1.69. The molecule has 0 aliphatic carbocycles. The Morgan fingerprint density at radius 1 is 1.32 bits per heavy atom. The van der Waals surface area contributed by atoms with E-state index in [4.69, 9.17) is 4.74 Å². The maximum atomic E-state index is 14.0.